The fourth-order valence-corrected chi connectivity index (χ4v) is 2.86. The van der Waals surface area contributed by atoms with E-state index in [2.05, 4.69) is 0 Å². The van der Waals surface area contributed by atoms with Gasteiger partial charge in [-0.2, -0.15) is 0 Å². The van der Waals surface area contributed by atoms with Gasteiger partial charge in [0.1, 0.15) is 18.1 Å². The summed E-state index contributed by atoms with van der Waals surface area (Å²) in [7, 11) is 0. The lowest BCUT2D eigenvalue weighted by molar-refractivity contribution is -0.137. The Morgan fingerprint density at radius 3 is 2.27 bits per heavy atom. The number of rotatable bonds is 9. The van der Waals surface area contributed by atoms with Gasteiger partial charge in [-0.15, -0.1) is 0 Å². The predicted molar refractivity (Wildman–Crippen MR) is 112 cm³/mol. The van der Waals surface area contributed by atoms with Crippen molar-refractivity contribution in [3.05, 3.63) is 89.9 Å². The van der Waals surface area contributed by atoms with Crippen molar-refractivity contribution >= 4 is 11.9 Å². The van der Waals surface area contributed by atoms with Crippen LogP contribution in [0, 0.1) is 0 Å². The molecule has 0 radical (unpaired) electrons. The van der Waals surface area contributed by atoms with E-state index in [1.54, 1.807) is 11.0 Å². The molecule has 0 unspecified atom stereocenters. The molecule has 2 aromatic carbocycles. The van der Waals surface area contributed by atoms with Crippen LogP contribution in [0.2, 0.25) is 0 Å². The lowest BCUT2D eigenvalue weighted by atomic mass is 10.2. The van der Waals surface area contributed by atoms with Crippen molar-refractivity contribution in [2.75, 3.05) is 6.61 Å². The second kappa shape index (κ2) is 10.3. The van der Waals surface area contributed by atoms with E-state index in [-0.39, 0.29) is 30.9 Å². The Hall–Kier alpha value is -3.54. The van der Waals surface area contributed by atoms with Gasteiger partial charge in [-0.05, 0) is 43.7 Å². The van der Waals surface area contributed by atoms with Gasteiger partial charge >= 0.3 is 5.97 Å². The van der Waals surface area contributed by atoms with E-state index in [1.807, 2.05) is 74.5 Å². The van der Waals surface area contributed by atoms with Gasteiger partial charge in [0.2, 0.25) is 5.76 Å². The van der Waals surface area contributed by atoms with Gasteiger partial charge in [-0.3, -0.25) is 4.79 Å². The summed E-state index contributed by atoms with van der Waals surface area (Å²) in [6.45, 7) is 4.15. The molecule has 0 saturated heterocycles. The Labute approximate surface area is 176 Å². The maximum Gasteiger partial charge on any atom is 0.374 e. The standard InChI is InChI=1S/C24H25NO5/c1-18(2)25(15-19-9-5-3-6-10-19)23(26)17-29-24(27)22-14-13-21(30-22)16-28-20-11-7-4-8-12-20/h3-14,18H,15-17H2,1-2H3. The highest BCUT2D eigenvalue weighted by molar-refractivity contribution is 5.88. The molecule has 0 aliphatic heterocycles. The molecule has 0 fully saturated rings. The average Bonchev–Trinajstić information content (AvgIpc) is 3.24. The van der Waals surface area contributed by atoms with Crippen molar-refractivity contribution in [2.24, 2.45) is 0 Å². The minimum atomic E-state index is -0.683. The fraction of sp³-hybridized carbons (Fsp3) is 0.250. The first kappa shape index (κ1) is 21.2. The van der Waals surface area contributed by atoms with Crippen LogP contribution in [-0.2, 0) is 22.7 Å². The zero-order chi connectivity index (χ0) is 21.3. The van der Waals surface area contributed by atoms with Crippen LogP contribution in [0.15, 0.2) is 77.2 Å². The highest BCUT2D eigenvalue weighted by Crippen LogP contribution is 2.15. The molecule has 6 nitrogen and oxygen atoms in total. The number of ether oxygens (including phenoxy) is 2. The Bertz CT molecular complexity index is 950. The fourth-order valence-electron chi connectivity index (χ4n) is 2.86. The number of carbonyl (C=O) groups is 2. The molecule has 156 valence electrons. The SMILES string of the molecule is CC(C)N(Cc1ccccc1)C(=O)COC(=O)c1ccc(COc2ccccc2)o1. The molecule has 1 amide bonds. The molecule has 0 N–H and O–H groups in total. The average molecular weight is 407 g/mol. The normalized spacial score (nSPS) is 10.6. The van der Waals surface area contributed by atoms with Crippen LogP contribution < -0.4 is 4.74 Å². The number of furan rings is 1. The van der Waals surface area contributed by atoms with Crippen LogP contribution in [0.5, 0.6) is 5.75 Å². The summed E-state index contributed by atoms with van der Waals surface area (Å²) in [6, 6.07) is 22.1. The number of para-hydroxylation sites is 1. The highest BCUT2D eigenvalue weighted by atomic mass is 16.6. The lowest BCUT2D eigenvalue weighted by Gasteiger charge is -2.26. The summed E-state index contributed by atoms with van der Waals surface area (Å²) in [4.78, 5) is 26.5. The van der Waals surface area contributed by atoms with Crippen LogP contribution in [0.4, 0.5) is 0 Å². The summed E-state index contributed by atoms with van der Waals surface area (Å²) in [6.07, 6.45) is 0. The lowest BCUT2D eigenvalue weighted by Crippen LogP contribution is -2.39. The molecular formula is C24H25NO5. The first-order valence-corrected chi connectivity index (χ1v) is 9.80. The molecule has 0 spiro atoms. The number of amides is 1. The number of hydrogen-bond acceptors (Lipinski definition) is 5. The Morgan fingerprint density at radius 2 is 1.60 bits per heavy atom. The molecule has 0 bridgehead atoms. The molecule has 3 aromatic rings. The molecule has 6 heteroatoms. The second-order valence-corrected chi connectivity index (χ2v) is 7.04. The third-order valence-corrected chi connectivity index (χ3v) is 4.45. The third kappa shape index (κ3) is 5.98. The number of nitrogens with zero attached hydrogens (tertiary/aromatic N) is 1. The molecule has 3 rings (SSSR count). The third-order valence-electron chi connectivity index (χ3n) is 4.45. The summed E-state index contributed by atoms with van der Waals surface area (Å²) in [5.41, 5.74) is 1.01. The summed E-state index contributed by atoms with van der Waals surface area (Å²) >= 11 is 0. The quantitative estimate of drug-likeness (QED) is 0.490. The molecule has 1 aromatic heterocycles. The Balaban J connectivity index is 1.51. The predicted octanol–water partition coefficient (Wildman–Crippen LogP) is 4.45. The van der Waals surface area contributed by atoms with Gasteiger partial charge in [0.05, 0.1) is 0 Å². The molecular weight excluding hydrogens is 382 g/mol. The smallest absolute Gasteiger partial charge is 0.374 e. The first-order valence-electron chi connectivity index (χ1n) is 9.80. The van der Waals surface area contributed by atoms with E-state index in [1.165, 1.54) is 6.07 Å². The maximum atomic E-state index is 12.6. The van der Waals surface area contributed by atoms with Crippen LogP contribution >= 0.6 is 0 Å². The van der Waals surface area contributed by atoms with Gasteiger partial charge in [0, 0.05) is 12.6 Å². The van der Waals surface area contributed by atoms with Crippen molar-refractivity contribution < 1.29 is 23.5 Å². The van der Waals surface area contributed by atoms with Crippen LogP contribution in [0.1, 0.15) is 35.7 Å². The van der Waals surface area contributed by atoms with Crippen LogP contribution in [0.25, 0.3) is 0 Å². The minimum absolute atomic E-state index is 0.0261. The number of carbonyl (C=O) groups excluding carboxylic acids is 2. The summed E-state index contributed by atoms with van der Waals surface area (Å²) in [5, 5.41) is 0. The van der Waals surface area contributed by atoms with E-state index in [9.17, 15) is 9.59 Å². The molecule has 0 aliphatic rings. The molecule has 0 aliphatic carbocycles. The van der Waals surface area contributed by atoms with E-state index in [4.69, 9.17) is 13.9 Å². The van der Waals surface area contributed by atoms with Crippen LogP contribution in [-0.4, -0.2) is 29.4 Å². The van der Waals surface area contributed by atoms with Crippen molar-refractivity contribution in [1.82, 2.24) is 4.90 Å². The summed E-state index contributed by atoms with van der Waals surface area (Å²) in [5.74, 6) is 0.286. The largest absolute Gasteiger partial charge is 0.486 e. The number of esters is 1. The number of hydrogen-bond donors (Lipinski definition) is 0. The molecule has 0 saturated carbocycles. The van der Waals surface area contributed by atoms with E-state index >= 15 is 0 Å². The maximum absolute atomic E-state index is 12.6. The second-order valence-electron chi connectivity index (χ2n) is 7.04. The molecule has 1 heterocycles. The summed E-state index contributed by atoms with van der Waals surface area (Å²) < 4.78 is 16.2. The van der Waals surface area contributed by atoms with E-state index in [0.717, 1.165) is 5.56 Å². The van der Waals surface area contributed by atoms with Gasteiger partial charge in [-0.25, -0.2) is 4.79 Å². The highest BCUT2D eigenvalue weighted by Gasteiger charge is 2.21. The zero-order valence-corrected chi connectivity index (χ0v) is 17.1. The zero-order valence-electron chi connectivity index (χ0n) is 17.1. The van der Waals surface area contributed by atoms with Crippen molar-refractivity contribution in [2.45, 2.75) is 33.0 Å². The topological polar surface area (TPSA) is 69.0 Å². The molecule has 30 heavy (non-hydrogen) atoms. The monoisotopic (exact) mass is 407 g/mol. The van der Waals surface area contributed by atoms with Crippen molar-refractivity contribution in [3.63, 3.8) is 0 Å². The first-order chi connectivity index (χ1) is 14.5. The van der Waals surface area contributed by atoms with Crippen LogP contribution in [0.3, 0.4) is 0 Å². The van der Waals surface area contributed by atoms with Crippen molar-refractivity contribution in [3.8, 4) is 5.75 Å². The van der Waals surface area contributed by atoms with Gasteiger partial charge in [-0.1, -0.05) is 48.5 Å². The van der Waals surface area contributed by atoms with Gasteiger partial charge in [0.25, 0.3) is 5.91 Å². The van der Waals surface area contributed by atoms with Gasteiger partial charge < -0.3 is 18.8 Å². The van der Waals surface area contributed by atoms with Gasteiger partial charge in [0.15, 0.2) is 6.61 Å². The minimum Gasteiger partial charge on any atom is -0.486 e. The number of benzene rings is 2. The Kier molecular flexibility index (Phi) is 7.27. The molecule has 0 atom stereocenters. The van der Waals surface area contributed by atoms with Crippen molar-refractivity contribution in [1.29, 1.82) is 0 Å². The van der Waals surface area contributed by atoms with E-state index in [0.29, 0.717) is 18.1 Å². The van der Waals surface area contributed by atoms with E-state index < -0.39 is 5.97 Å². The Morgan fingerprint density at radius 1 is 0.933 bits per heavy atom.